The summed E-state index contributed by atoms with van der Waals surface area (Å²) in [7, 11) is 0. The molecule has 142 valence electrons. The van der Waals surface area contributed by atoms with E-state index >= 15 is 0 Å². The molecule has 0 unspecified atom stereocenters. The lowest BCUT2D eigenvalue weighted by molar-refractivity contribution is -0.115. The summed E-state index contributed by atoms with van der Waals surface area (Å²) in [5.41, 5.74) is 1.22. The van der Waals surface area contributed by atoms with E-state index in [2.05, 4.69) is 10.6 Å². The van der Waals surface area contributed by atoms with Gasteiger partial charge in [0.05, 0.1) is 30.2 Å². The van der Waals surface area contributed by atoms with Gasteiger partial charge in [0.15, 0.2) is 11.5 Å². The molecule has 4 rings (SSSR count). The van der Waals surface area contributed by atoms with Gasteiger partial charge in [-0.1, -0.05) is 11.6 Å². The maximum absolute atomic E-state index is 12.5. The van der Waals surface area contributed by atoms with Gasteiger partial charge in [0.2, 0.25) is 5.91 Å². The number of carbonyl (C=O) groups excluding carboxylic acids is 2. The van der Waals surface area contributed by atoms with Crippen molar-refractivity contribution in [1.29, 1.82) is 0 Å². The second-order valence-corrected chi connectivity index (χ2v) is 7.91. The van der Waals surface area contributed by atoms with Crippen LogP contribution < -0.4 is 20.1 Å². The van der Waals surface area contributed by atoms with Crippen LogP contribution >= 0.6 is 22.9 Å². The number of hydrogen-bond acceptors (Lipinski definition) is 5. The van der Waals surface area contributed by atoms with Gasteiger partial charge in [-0.15, -0.1) is 11.3 Å². The van der Waals surface area contributed by atoms with Crippen molar-refractivity contribution in [2.24, 2.45) is 0 Å². The van der Waals surface area contributed by atoms with Gasteiger partial charge in [0.1, 0.15) is 5.00 Å². The van der Waals surface area contributed by atoms with Crippen LogP contribution in [-0.2, 0) is 11.2 Å². The van der Waals surface area contributed by atoms with Crippen LogP contribution in [0.15, 0.2) is 23.6 Å². The maximum Gasteiger partial charge on any atom is 0.254 e. The molecule has 2 aromatic rings. The number of ether oxygens (including phenoxy) is 2. The van der Waals surface area contributed by atoms with E-state index in [4.69, 9.17) is 21.1 Å². The summed E-state index contributed by atoms with van der Waals surface area (Å²) in [6, 6.07) is 5.48. The van der Waals surface area contributed by atoms with Crippen LogP contribution in [0.3, 0.4) is 0 Å². The van der Waals surface area contributed by atoms with Crippen molar-refractivity contribution in [2.75, 3.05) is 18.5 Å². The Morgan fingerprint density at radius 1 is 1.22 bits per heavy atom. The van der Waals surface area contributed by atoms with E-state index in [1.165, 1.54) is 11.3 Å². The molecule has 1 aliphatic heterocycles. The van der Waals surface area contributed by atoms with Crippen LogP contribution in [0.2, 0.25) is 5.02 Å². The Labute approximate surface area is 165 Å². The quantitative estimate of drug-likeness (QED) is 0.794. The Hall–Kier alpha value is -2.25. The molecule has 0 atom stereocenters. The summed E-state index contributed by atoms with van der Waals surface area (Å²) in [5.74, 6) is 0.718. The molecule has 1 aromatic heterocycles. The highest BCUT2D eigenvalue weighted by Gasteiger charge is 2.25. The minimum Gasteiger partial charge on any atom is -0.489 e. The van der Waals surface area contributed by atoms with Crippen molar-refractivity contribution < 1.29 is 19.1 Å². The molecule has 2 amide bonds. The Balaban J connectivity index is 1.44. The predicted molar refractivity (Wildman–Crippen MR) is 104 cm³/mol. The van der Waals surface area contributed by atoms with Gasteiger partial charge in [-0.05, 0) is 42.0 Å². The summed E-state index contributed by atoms with van der Waals surface area (Å²) < 4.78 is 11.3. The molecule has 1 saturated carbocycles. The number of nitrogens with one attached hydrogen (secondary N) is 2. The fourth-order valence-corrected chi connectivity index (χ4v) is 3.91. The molecule has 0 spiro atoms. The van der Waals surface area contributed by atoms with Crippen molar-refractivity contribution in [3.05, 3.63) is 39.7 Å². The third-order valence-corrected chi connectivity index (χ3v) is 5.41. The van der Waals surface area contributed by atoms with Gasteiger partial charge in [-0.3, -0.25) is 9.59 Å². The van der Waals surface area contributed by atoms with Crippen molar-refractivity contribution in [3.63, 3.8) is 0 Å². The van der Waals surface area contributed by atoms with E-state index in [1.807, 2.05) is 0 Å². The topological polar surface area (TPSA) is 76.7 Å². The summed E-state index contributed by atoms with van der Waals surface area (Å²) in [6.45, 7) is 1.10. The number of anilines is 1. The number of halogens is 1. The van der Waals surface area contributed by atoms with E-state index in [9.17, 15) is 9.59 Å². The van der Waals surface area contributed by atoms with E-state index in [1.54, 1.807) is 23.6 Å². The van der Waals surface area contributed by atoms with Gasteiger partial charge in [-0.2, -0.15) is 0 Å². The molecule has 6 nitrogen and oxygen atoms in total. The first-order valence-corrected chi connectivity index (χ1v) is 10.1. The van der Waals surface area contributed by atoms with Gasteiger partial charge in [-0.25, -0.2) is 0 Å². The number of amides is 2. The largest absolute Gasteiger partial charge is 0.489 e. The van der Waals surface area contributed by atoms with Crippen molar-refractivity contribution in [2.45, 2.75) is 31.7 Å². The third-order valence-electron chi connectivity index (χ3n) is 4.30. The second-order valence-electron chi connectivity index (χ2n) is 6.59. The number of rotatable bonds is 5. The zero-order valence-electron chi connectivity index (χ0n) is 14.5. The fraction of sp³-hybridized carbons (Fsp3) is 0.368. The van der Waals surface area contributed by atoms with E-state index < -0.39 is 0 Å². The smallest absolute Gasteiger partial charge is 0.254 e. The zero-order valence-corrected chi connectivity index (χ0v) is 16.1. The first-order chi connectivity index (χ1) is 13.1. The monoisotopic (exact) mass is 406 g/mol. The van der Waals surface area contributed by atoms with Gasteiger partial charge in [0, 0.05) is 12.5 Å². The fourth-order valence-electron chi connectivity index (χ4n) is 2.82. The Morgan fingerprint density at radius 2 is 2.04 bits per heavy atom. The van der Waals surface area contributed by atoms with Crippen LogP contribution in [0.4, 0.5) is 5.00 Å². The molecule has 2 heterocycles. The minimum atomic E-state index is -0.219. The van der Waals surface area contributed by atoms with Crippen molar-refractivity contribution in [3.8, 4) is 11.5 Å². The molecule has 1 aliphatic carbocycles. The molecule has 0 radical (unpaired) electrons. The van der Waals surface area contributed by atoms with Gasteiger partial charge >= 0.3 is 0 Å². The average molecular weight is 407 g/mol. The van der Waals surface area contributed by atoms with E-state index in [-0.39, 0.29) is 24.3 Å². The van der Waals surface area contributed by atoms with Crippen molar-refractivity contribution >= 4 is 39.8 Å². The normalized spacial score (nSPS) is 15.7. The summed E-state index contributed by atoms with van der Waals surface area (Å²) in [6.07, 6.45) is 2.94. The van der Waals surface area contributed by atoms with E-state index in [0.29, 0.717) is 40.3 Å². The molecule has 1 aromatic carbocycles. The van der Waals surface area contributed by atoms with E-state index in [0.717, 1.165) is 24.8 Å². The number of fused-ring (bicyclic) bond motifs is 1. The zero-order chi connectivity index (χ0) is 18.8. The van der Waals surface area contributed by atoms with Crippen LogP contribution in [0.25, 0.3) is 0 Å². The molecular formula is C19H19ClN2O4S. The summed E-state index contributed by atoms with van der Waals surface area (Å²) in [4.78, 5) is 24.7. The highest BCUT2D eigenvalue weighted by Crippen LogP contribution is 2.38. The summed E-state index contributed by atoms with van der Waals surface area (Å²) >= 11 is 7.61. The van der Waals surface area contributed by atoms with Crippen LogP contribution in [0, 0.1) is 0 Å². The lowest BCUT2D eigenvalue weighted by Crippen LogP contribution is -2.26. The molecule has 0 bridgehead atoms. The van der Waals surface area contributed by atoms with Crippen molar-refractivity contribution in [1.82, 2.24) is 5.32 Å². The lowest BCUT2D eigenvalue weighted by atomic mass is 10.1. The number of carbonyl (C=O) groups is 2. The highest BCUT2D eigenvalue weighted by atomic mass is 35.5. The second kappa shape index (κ2) is 7.78. The first kappa shape index (κ1) is 18.1. The maximum atomic E-state index is 12.5. The molecule has 2 aliphatic rings. The third kappa shape index (κ3) is 4.36. The predicted octanol–water partition coefficient (Wildman–Crippen LogP) is 3.64. The molecule has 1 fully saturated rings. The Morgan fingerprint density at radius 3 is 2.85 bits per heavy atom. The highest BCUT2D eigenvalue weighted by molar-refractivity contribution is 7.14. The number of benzene rings is 1. The molecule has 8 heteroatoms. The average Bonchev–Trinajstić information content (AvgIpc) is 3.36. The van der Waals surface area contributed by atoms with Crippen LogP contribution in [0.1, 0.15) is 35.2 Å². The standard InChI is InChI=1S/C19H19ClN2O4S/c20-14-8-11(9-15-17(14)26-6-1-5-25-15)10-16(23)22-19-13(4-7-27-19)18(24)21-12-2-3-12/h4,7-9,12H,1-3,5-6,10H2,(H,21,24)(H,22,23). The summed E-state index contributed by atoms with van der Waals surface area (Å²) in [5, 5.41) is 8.54. The molecule has 27 heavy (non-hydrogen) atoms. The molecule has 0 saturated heterocycles. The van der Waals surface area contributed by atoms with Crippen LogP contribution in [-0.4, -0.2) is 31.1 Å². The first-order valence-electron chi connectivity index (χ1n) is 8.86. The van der Waals surface area contributed by atoms with Gasteiger partial charge < -0.3 is 20.1 Å². The number of thiophene rings is 1. The lowest BCUT2D eigenvalue weighted by Gasteiger charge is -2.12. The SMILES string of the molecule is O=C(Cc1cc(Cl)c2c(c1)OCCCO2)Nc1sccc1C(=O)NC1CC1. The molecule has 2 N–H and O–H groups in total. The van der Waals surface area contributed by atoms with Gasteiger partial charge in [0.25, 0.3) is 5.91 Å². The Kier molecular flexibility index (Phi) is 5.22. The molecular weight excluding hydrogens is 388 g/mol. The Bertz CT molecular complexity index is 879. The minimum absolute atomic E-state index is 0.123. The number of hydrogen-bond donors (Lipinski definition) is 2. The van der Waals surface area contributed by atoms with Crippen LogP contribution in [0.5, 0.6) is 11.5 Å².